The van der Waals surface area contributed by atoms with Gasteiger partial charge in [0, 0.05) is 16.6 Å². The first-order valence-corrected chi connectivity index (χ1v) is 13.2. The Morgan fingerprint density at radius 3 is 2.65 bits per heavy atom. The molecule has 0 spiro atoms. The maximum Gasteiger partial charge on any atom is 0.260 e. The Morgan fingerprint density at radius 1 is 1.21 bits per heavy atom. The fraction of sp³-hybridized carbons (Fsp3) is 0.217. The Morgan fingerprint density at radius 2 is 2.00 bits per heavy atom. The van der Waals surface area contributed by atoms with E-state index in [9.17, 15) is 18.3 Å². The second-order valence-electron chi connectivity index (χ2n) is 8.05. The van der Waals surface area contributed by atoms with Crippen LogP contribution in [0.2, 0.25) is 0 Å². The van der Waals surface area contributed by atoms with Crippen LogP contribution in [0.5, 0.6) is 0 Å². The fourth-order valence-corrected chi connectivity index (χ4v) is 6.07. The molecule has 0 bridgehead atoms. The van der Waals surface area contributed by atoms with E-state index in [0.29, 0.717) is 22.0 Å². The first-order valence-electron chi connectivity index (χ1n) is 10.5. The molecule has 3 aromatic heterocycles. The summed E-state index contributed by atoms with van der Waals surface area (Å²) in [6.45, 7) is -0.158. The number of carbonyl (C=O) groups excluding carboxylic acids is 1. The summed E-state index contributed by atoms with van der Waals surface area (Å²) in [5.74, 6) is -0.727. The lowest BCUT2D eigenvalue weighted by Gasteiger charge is -2.12. The number of H-pyrrole nitrogens is 1. The van der Waals surface area contributed by atoms with Gasteiger partial charge >= 0.3 is 0 Å². The molecular weight excluding hydrogens is 474 g/mol. The molecule has 1 aromatic carbocycles. The van der Waals surface area contributed by atoms with Crippen molar-refractivity contribution in [2.75, 3.05) is 18.1 Å². The van der Waals surface area contributed by atoms with Gasteiger partial charge in [0.2, 0.25) is 0 Å². The van der Waals surface area contributed by atoms with Crippen LogP contribution in [0.4, 0.5) is 0 Å². The average Bonchev–Trinajstić information content (AvgIpc) is 3.48. The molecule has 5 rings (SSSR count). The maximum atomic E-state index is 11.7. The number of aromatic nitrogens is 4. The number of nitrogens with two attached hydrogens (primary N) is 1. The number of amides is 1. The lowest BCUT2D eigenvalue weighted by atomic mass is 9.98. The topological polar surface area (TPSA) is 152 Å². The zero-order valence-corrected chi connectivity index (χ0v) is 19.6. The average molecular weight is 496 g/mol. The Kier molecular flexibility index (Phi) is 5.76. The molecule has 174 valence electrons. The van der Waals surface area contributed by atoms with E-state index in [2.05, 4.69) is 19.9 Å². The molecule has 4 heterocycles. The van der Waals surface area contributed by atoms with Gasteiger partial charge in [0.05, 0.1) is 35.9 Å². The molecule has 1 aliphatic rings. The smallest absolute Gasteiger partial charge is 0.260 e. The molecule has 4 aromatic rings. The van der Waals surface area contributed by atoms with Gasteiger partial charge in [-0.05, 0) is 23.6 Å². The maximum absolute atomic E-state index is 11.7. The minimum absolute atomic E-state index is 0.0454. The number of sulfone groups is 1. The van der Waals surface area contributed by atoms with Gasteiger partial charge in [-0.25, -0.2) is 23.4 Å². The third-order valence-corrected chi connectivity index (χ3v) is 8.50. The molecule has 1 amide bonds. The molecule has 0 saturated carbocycles. The Hall–Kier alpha value is -3.41. The van der Waals surface area contributed by atoms with Gasteiger partial charge in [0.15, 0.2) is 9.84 Å². The van der Waals surface area contributed by atoms with E-state index in [-0.39, 0.29) is 24.0 Å². The van der Waals surface area contributed by atoms with E-state index in [1.165, 1.54) is 23.9 Å². The SMILES string of the molecule is NC(=O)c1cnc(C(CO)c2ccc(-c3ncnc4[nH]c(C5=CCS(=O)(=O)CC5)cc34)cc2)s1. The van der Waals surface area contributed by atoms with E-state index in [0.717, 1.165) is 33.5 Å². The number of hydrogen-bond acceptors (Lipinski definition) is 8. The molecule has 1 unspecified atom stereocenters. The number of thiazole rings is 1. The number of carbonyl (C=O) groups is 1. The Labute approximate surface area is 199 Å². The Balaban J connectivity index is 1.46. The highest BCUT2D eigenvalue weighted by Gasteiger charge is 2.21. The lowest BCUT2D eigenvalue weighted by Crippen LogP contribution is -2.15. The molecular formula is C23H21N5O4S2. The molecule has 0 saturated heterocycles. The van der Waals surface area contributed by atoms with Gasteiger partial charge < -0.3 is 15.8 Å². The van der Waals surface area contributed by atoms with Gasteiger partial charge in [-0.1, -0.05) is 30.3 Å². The fourth-order valence-electron chi connectivity index (χ4n) is 4.03. The first-order chi connectivity index (χ1) is 16.3. The summed E-state index contributed by atoms with van der Waals surface area (Å²) in [4.78, 5) is 28.1. The van der Waals surface area contributed by atoms with Crippen molar-refractivity contribution in [2.24, 2.45) is 5.73 Å². The van der Waals surface area contributed by atoms with Gasteiger partial charge in [0.25, 0.3) is 5.91 Å². The number of nitrogens with zero attached hydrogens (tertiary/aromatic N) is 3. The number of aliphatic hydroxyl groups is 1. The number of rotatable bonds is 6. The number of aliphatic hydroxyl groups excluding tert-OH is 1. The lowest BCUT2D eigenvalue weighted by molar-refractivity contribution is 0.100. The summed E-state index contributed by atoms with van der Waals surface area (Å²) in [6, 6.07) is 9.60. The van der Waals surface area contributed by atoms with E-state index < -0.39 is 15.7 Å². The highest BCUT2D eigenvalue weighted by molar-refractivity contribution is 7.91. The van der Waals surface area contributed by atoms with Gasteiger partial charge in [0.1, 0.15) is 21.9 Å². The van der Waals surface area contributed by atoms with Crippen molar-refractivity contribution in [3.63, 3.8) is 0 Å². The number of fused-ring (bicyclic) bond motifs is 1. The summed E-state index contributed by atoms with van der Waals surface area (Å²) in [7, 11) is -3.00. The van der Waals surface area contributed by atoms with Gasteiger partial charge in [-0.2, -0.15) is 0 Å². The van der Waals surface area contributed by atoms with Crippen molar-refractivity contribution in [3.8, 4) is 11.3 Å². The van der Waals surface area contributed by atoms with Crippen molar-refractivity contribution in [1.82, 2.24) is 19.9 Å². The van der Waals surface area contributed by atoms with Crippen LogP contribution in [-0.4, -0.2) is 57.5 Å². The monoisotopic (exact) mass is 495 g/mol. The molecule has 0 aliphatic carbocycles. The van der Waals surface area contributed by atoms with Crippen LogP contribution < -0.4 is 5.73 Å². The highest BCUT2D eigenvalue weighted by Crippen LogP contribution is 2.33. The summed E-state index contributed by atoms with van der Waals surface area (Å²) in [5.41, 5.74) is 10.3. The molecule has 9 nitrogen and oxygen atoms in total. The van der Waals surface area contributed by atoms with Crippen LogP contribution in [0, 0.1) is 0 Å². The number of primary amides is 1. The highest BCUT2D eigenvalue weighted by atomic mass is 32.2. The molecule has 4 N–H and O–H groups in total. The minimum atomic E-state index is -3.00. The van der Waals surface area contributed by atoms with Crippen LogP contribution in [0.25, 0.3) is 27.9 Å². The minimum Gasteiger partial charge on any atom is -0.395 e. The number of hydrogen-bond donors (Lipinski definition) is 3. The van der Waals surface area contributed by atoms with E-state index in [1.54, 1.807) is 6.08 Å². The molecule has 11 heteroatoms. The predicted molar refractivity (Wildman–Crippen MR) is 130 cm³/mol. The Bertz CT molecular complexity index is 1520. The van der Waals surface area contributed by atoms with Crippen molar-refractivity contribution in [1.29, 1.82) is 0 Å². The molecule has 1 atom stereocenters. The third kappa shape index (κ3) is 4.25. The van der Waals surface area contributed by atoms with E-state index >= 15 is 0 Å². The van der Waals surface area contributed by atoms with Crippen molar-refractivity contribution >= 4 is 43.7 Å². The van der Waals surface area contributed by atoms with Crippen molar-refractivity contribution < 1.29 is 18.3 Å². The molecule has 0 fully saturated rings. The number of benzene rings is 1. The van der Waals surface area contributed by atoms with Gasteiger partial charge in [-0.15, -0.1) is 11.3 Å². The number of allylic oxidation sites excluding steroid dienone is 1. The second-order valence-corrected chi connectivity index (χ2v) is 11.3. The molecule has 0 radical (unpaired) electrons. The second kappa shape index (κ2) is 8.75. The third-order valence-electron chi connectivity index (χ3n) is 5.87. The van der Waals surface area contributed by atoms with Crippen LogP contribution in [-0.2, 0) is 9.84 Å². The van der Waals surface area contributed by atoms with E-state index in [4.69, 9.17) is 5.73 Å². The van der Waals surface area contributed by atoms with Gasteiger partial charge in [-0.3, -0.25) is 4.79 Å². The molecule has 1 aliphatic heterocycles. The summed E-state index contributed by atoms with van der Waals surface area (Å²) in [6.07, 6.45) is 5.13. The summed E-state index contributed by atoms with van der Waals surface area (Å²) in [5, 5.41) is 11.4. The zero-order chi connectivity index (χ0) is 23.9. The predicted octanol–water partition coefficient (Wildman–Crippen LogP) is 2.51. The normalized spacial score (nSPS) is 16.3. The van der Waals surface area contributed by atoms with Crippen molar-refractivity contribution in [3.05, 3.63) is 70.1 Å². The van der Waals surface area contributed by atoms with Crippen LogP contribution in [0.1, 0.15) is 38.3 Å². The zero-order valence-electron chi connectivity index (χ0n) is 17.9. The van der Waals surface area contributed by atoms with E-state index in [1.807, 2.05) is 30.3 Å². The van der Waals surface area contributed by atoms with Crippen molar-refractivity contribution in [2.45, 2.75) is 12.3 Å². The van der Waals surface area contributed by atoms with Crippen LogP contribution in [0.15, 0.2) is 48.9 Å². The van der Waals surface area contributed by atoms with Crippen LogP contribution >= 0.6 is 11.3 Å². The molecule has 34 heavy (non-hydrogen) atoms. The standard InChI is InChI=1S/C23H21N5O4S2/c24-21(30)19-10-25-23(33-19)17(11-29)13-1-3-15(4-2-13)20-16-9-18(28-22(16)27-12-26-20)14-5-7-34(31,32)8-6-14/h1-5,9-10,12,17,29H,6-8,11H2,(H2,24,30)(H,26,27,28). The number of aromatic amines is 1. The van der Waals surface area contributed by atoms with Crippen LogP contribution in [0.3, 0.4) is 0 Å². The first kappa shape index (κ1) is 22.4. The summed E-state index contributed by atoms with van der Waals surface area (Å²) < 4.78 is 23.5. The number of nitrogens with one attached hydrogen (secondary N) is 1. The summed E-state index contributed by atoms with van der Waals surface area (Å²) >= 11 is 1.17. The largest absolute Gasteiger partial charge is 0.395 e. The quantitative estimate of drug-likeness (QED) is 0.372.